The summed E-state index contributed by atoms with van der Waals surface area (Å²) in [5.74, 6) is 1.35. The van der Waals surface area contributed by atoms with Crippen LogP contribution in [0.25, 0.3) is 0 Å². The lowest BCUT2D eigenvalue weighted by molar-refractivity contribution is 0.560. The van der Waals surface area contributed by atoms with E-state index in [0.29, 0.717) is 18.0 Å². The molecule has 1 aromatic carbocycles. The van der Waals surface area contributed by atoms with Crippen molar-refractivity contribution in [3.8, 4) is 6.07 Å². The van der Waals surface area contributed by atoms with Gasteiger partial charge in [-0.3, -0.25) is 0 Å². The summed E-state index contributed by atoms with van der Waals surface area (Å²) >= 11 is 5.80. The highest BCUT2D eigenvalue weighted by Gasteiger charge is 2.19. The minimum atomic E-state index is 0.420. The highest BCUT2D eigenvalue weighted by atomic mass is 35.5. The van der Waals surface area contributed by atoms with E-state index in [1.807, 2.05) is 22.8 Å². The average Bonchev–Trinajstić information content (AvgIpc) is 2.93. The van der Waals surface area contributed by atoms with Gasteiger partial charge in [-0.25, -0.2) is 0 Å². The smallest absolute Gasteiger partial charge is 0.152 e. The number of alkyl halides is 1. The normalized spacial score (nSPS) is 14.0. The van der Waals surface area contributed by atoms with Crippen LogP contribution >= 0.6 is 11.6 Å². The second-order valence-electron chi connectivity index (χ2n) is 4.46. The van der Waals surface area contributed by atoms with Gasteiger partial charge in [0.1, 0.15) is 12.4 Å². The van der Waals surface area contributed by atoms with Gasteiger partial charge < -0.3 is 9.47 Å². The summed E-state index contributed by atoms with van der Waals surface area (Å²) in [6.07, 6.45) is 1.74. The Morgan fingerprint density at radius 2 is 2.26 bits per heavy atom. The molecule has 19 heavy (non-hydrogen) atoms. The van der Waals surface area contributed by atoms with Gasteiger partial charge in [0.15, 0.2) is 5.82 Å². The van der Waals surface area contributed by atoms with Gasteiger partial charge in [0.05, 0.1) is 17.8 Å². The molecule has 0 amide bonds. The van der Waals surface area contributed by atoms with Gasteiger partial charge in [0, 0.05) is 19.0 Å². The van der Waals surface area contributed by atoms with Crippen LogP contribution in [0.2, 0.25) is 0 Å². The SMILES string of the molecule is N#Cc1cc(CCl)ccc1N1CCn2cnnc2C1. The molecule has 0 saturated carbocycles. The maximum Gasteiger partial charge on any atom is 0.152 e. The van der Waals surface area contributed by atoms with Gasteiger partial charge in [-0.1, -0.05) is 6.07 Å². The zero-order chi connectivity index (χ0) is 13.2. The van der Waals surface area contributed by atoms with Gasteiger partial charge in [-0.2, -0.15) is 5.26 Å². The third-order valence-electron chi connectivity index (χ3n) is 3.32. The van der Waals surface area contributed by atoms with Crippen molar-refractivity contribution in [1.29, 1.82) is 5.26 Å². The number of anilines is 1. The Balaban J connectivity index is 1.94. The fourth-order valence-electron chi connectivity index (χ4n) is 2.30. The standard InChI is InChI=1S/C13H12ClN5/c14-6-10-1-2-12(11(5-10)7-15)18-3-4-19-9-16-17-13(19)8-18/h1-2,5,9H,3-4,6,8H2. The second-order valence-corrected chi connectivity index (χ2v) is 4.73. The molecule has 0 atom stereocenters. The van der Waals surface area contributed by atoms with Crippen LogP contribution in [0.1, 0.15) is 17.0 Å². The maximum atomic E-state index is 9.27. The number of fused-ring (bicyclic) bond motifs is 1. The minimum absolute atomic E-state index is 0.420. The average molecular weight is 274 g/mol. The fraction of sp³-hybridized carbons (Fsp3) is 0.308. The monoisotopic (exact) mass is 273 g/mol. The predicted molar refractivity (Wildman–Crippen MR) is 71.8 cm³/mol. The summed E-state index contributed by atoms with van der Waals surface area (Å²) in [5.41, 5.74) is 2.55. The van der Waals surface area contributed by atoms with Gasteiger partial charge in [-0.05, 0) is 17.7 Å². The van der Waals surface area contributed by atoms with Crippen LogP contribution in [0.5, 0.6) is 0 Å². The molecule has 0 N–H and O–H groups in total. The lowest BCUT2D eigenvalue weighted by Gasteiger charge is -2.29. The summed E-state index contributed by atoms with van der Waals surface area (Å²) in [4.78, 5) is 2.15. The zero-order valence-electron chi connectivity index (χ0n) is 10.3. The van der Waals surface area contributed by atoms with E-state index in [9.17, 15) is 5.26 Å². The molecule has 1 aliphatic rings. The van der Waals surface area contributed by atoms with Crippen molar-refractivity contribution in [2.75, 3.05) is 11.4 Å². The van der Waals surface area contributed by atoms with Gasteiger partial charge in [-0.15, -0.1) is 21.8 Å². The molecule has 5 nitrogen and oxygen atoms in total. The summed E-state index contributed by atoms with van der Waals surface area (Å²) in [6.45, 7) is 2.36. The third-order valence-corrected chi connectivity index (χ3v) is 3.62. The van der Waals surface area contributed by atoms with Gasteiger partial charge in [0.25, 0.3) is 0 Å². The van der Waals surface area contributed by atoms with E-state index in [1.54, 1.807) is 6.33 Å². The van der Waals surface area contributed by atoms with Crippen molar-refractivity contribution in [3.63, 3.8) is 0 Å². The molecule has 0 aliphatic carbocycles. The number of nitriles is 1. The third kappa shape index (κ3) is 2.15. The number of benzene rings is 1. The number of rotatable bonds is 2. The van der Waals surface area contributed by atoms with Crippen molar-refractivity contribution in [2.45, 2.75) is 19.0 Å². The lowest BCUT2D eigenvalue weighted by Crippen LogP contribution is -2.34. The minimum Gasteiger partial charge on any atom is -0.361 e. The van der Waals surface area contributed by atoms with E-state index < -0.39 is 0 Å². The Bertz CT molecular complexity index is 643. The first-order valence-corrected chi connectivity index (χ1v) is 6.56. The summed E-state index contributed by atoms with van der Waals surface area (Å²) in [7, 11) is 0. The summed E-state index contributed by atoms with van der Waals surface area (Å²) in [6, 6.07) is 8.01. The van der Waals surface area contributed by atoms with E-state index in [-0.39, 0.29) is 0 Å². The highest BCUT2D eigenvalue weighted by Crippen LogP contribution is 2.25. The van der Waals surface area contributed by atoms with Crippen LogP contribution in [-0.4, -0.2) is 21.3 Å². The molecule has 0 fully saturated rings. The Hall–Kier alpha value is -2.06. The molecule has 0 spiro atoms. The van der Waals surface area contributed by atoms with Crippen LogP contribution < -0.4 is 4.90 Å². The van der Waals surface area contributed by atoms with E-state index in [2.05, 4.69) is 21.2 Å². The molecular formula is C13H12ClN5. The first-order chi connectivity index (χ1) is 9.31. The van der Waals surface area contributed by atoms with Crippen LogP contribution in [0.4, 0.5) is 5.69 Å². The van der Waals surface area contributed by atoms with Crippen LogP contribution in [-0.2, 0) is 19.0 Å². The zero-order valence-corrected chi connectivity index (χ0v) is 11.0. The summed E-state index contributed by atoms with van der Waals surface area (Å²) in [5, 5.41) is 17.3. The maximum absolute atomic E-state index is 9.27. The molecule has 2 aromatic rings. The van der Waals surface area contributed by atoms with Crippen LogP contribution in [0.15, 0.2) is 24.5 Å². The van der Waals surface area contributed by atoms with Crippen LogP contribution in [0.3, 0.4) is 0 Å². The molecule has 0 saturated heterocycles. The molecule has 1 aliphatic heterocycles. The number of hydrogen-bond acceptors (Lipinski definition) is 4. The van der Waals surface area contributed by atoms with Gasteiger partial charge in [0.2, 0.25) is 0 Å². The topological polar surface area (TPSA) is 57.7 Å². The Labute approximate surface area is 116 Å². The molecule has 0 unspecified atom stereocenters. The molecule has 0 bridgehead atoms. The molecule has 6 heteroatoms. The molecule has 3 rings (SSSR count). The van der Waals surface area contributed by atoms with E-state index in [0.717, 1.165) is 30.2 Å². The van der Waals surface area contributed by atoms with E-state index in [1.165, 1.54) is 0 Å². The highest BCUT2D eigenvalue weighted by molar-refractivity contribution is 6.17. The lowest BCUT2D eigenvalue weighted by atomic mass is 10.1. The van der Waals surface area contributed by atoms with Crippen LogP contribution in [0, 0.1) is 11.3 Å². The molecule has 2 heterocycles. The van der Waals surface area contributed by atoms with Crippen molar-refractivity contribution in [1.82, 2.24) is 14.8 Å². The van der Waals surface area contributed by atoms with E-state index >= 15 is 0 Å². The second kappa shape index (κ2) is 4.90. The van der Waals surface area contributed by atoms with Crippen molar-refractivity contribution < 1.29 is 0 Å². The fourth-order valence-corrected chi connectivity index (χ4v) is 2.47. The number of halogens is 1. The quantitative estimate of drug-likeness (QED) is 0.785. The number of aromatic nitrogens is 3. The Morgan fingerprint density at radius 1 is 1.37 bits per heavy atom. The first-order valence-electron chi connectivity index (χ1n) is 6.02. The largest absolute Gasteiger partial charge is 0.361 e. The van der Waals surface area contributed by atoms with Crippen molar-refractivity contribution >= 4 is 17.3 Å². The van der Waals surface area contributed by atoms with Crippen molar-refractivity contribution in [3.05, 3.63) is 41.5 Å². The van der Waals surface area contributed by atoms with E-state index in [4.69, 9.17) is 11.6 Å². The summed E-state index contributed by atoms with van der Waals surface area (Å²) < 4.78 is 2.04. The molecular weight excluding hydrogens is 262 g/mol. The molecule has 0 radical (unpaired) electrons. The molecule has 96 valence electrons. The number of hydrogen-bond donors (Lipinski definition) is 0. The molecule has 1 aromatic heterocycles. The number of nitrogens with zero attached hydrogens (tertiary/aromatic N) is 5. The first kappa shape index (κ1) is 12.0. The van der Waals surface area contributed by atoms with Gasteiger partial charge >= 0.3 is 0 Å². The Morgan fingerprint density at radius 3 is 3.05 bits per heavy atom. The Kier molecular flexibility index (Phi) is 3.10. The predicted octanol–water partition coefficient (Wildman–Crippen LogP) is 1.91. The van der Waals surface area contributed by atoms with Crippen molar-refractivity contribution in [2.24, 2.45) is 0 Å².